The molecule has 5 aromatic rings. The molecule has 0 radical (unpaired) electrons. The minimum absolute atomic E-state index is 0.578. The second-order valence-electron chi connectivity index (χ2n) is 9.49. The highest BCUT2D eigenvalue weighted by Gasteiger charge is 2.41. The third-order valence-electron chi connectivity index (χ3n) is 7.18. The Morgan fingerprint density at radius 1 is 0.750 bits per heavy atom. The maximum atomic E-state index is 13.3. The number of rotatable bonds is 9. The number of methoxy groups -OCH3 is 2. The third-order valence-corrected chi connectivity index (χ3v) is 7.18. The Morgan fingerprint density at radius 3 is 1.95 bits per heavy atom. The van der Waals surface area contributed by atoms with Gasteiger partial charge in [0.15, 0.2) is 5.92 Å². The van der Waals surface area contributed by atoms with Crippen molar-refractivity contribution in [1.82, 2.24) is 4.40 Å². The lowest BCUT2D eigenvalue weighted by molar-refractivity contribution is -0.159. The number of hydrogen-bond acceptors (Lipinski definition) is 4. The van der Waals surface area contributed by atoms with E-state index in [1.807, 2.05) is 91.1 Å². The van der Waals surface area contributed by atoms with Crippen molar-refractivity contribution in [2.45, 2.75) is 12.3 Å². The molecular weight excluding hydrogens is 498 g/mol. The van der Waals surface area contributed by atoms with Gasteiger partial charge in [0.1, 0.15) is 0 Å². The fraction of sp³-hybridized carbons (Fsp3) is 0.143. The average Bonchev–Trinajstić information content (AvgIpc) is 3.34. The lowest BCUT2D eigenvalue weighted by atomic mass is 9.78. The van der Waals surface area contributed by atoms with Crippen LogP contribution < -0.4 is 0 Å². The van der Waals surface area contributed by atoms with Crippen molar-refractivity contribution in [3.05, 3.63) is 144 Å². The predicted octanol–water partition coefficient (Wildman–Crippen LogP) is 6.96. The Hall–Kier alpha value is -4.90. The molecule has 0 saturated heterocycles. The molecule has 1 unspecified atom stereocenters. The lowest BCUT2D eigenvalue weighted by Gasteiger charge is -2.25. The number of pyridine rings is 1. The van der Waals surface area contributed by atoms with Crippen LogP contribution in [-0.4, -0.2) is 30.6 Å². The number of allylic oxidation sites excluding steroid dienone is 1. The van der Waals surface area contributed by atoms with Gasteiger partial charge >= 0.3 is 11.9 Å². The highest BCUT2D eigenvalue weighted by atomic mass is 16.5. The van der Waals surface area contributed by atoms with E-state index in [0.717, 1.165) is 39.0 Å². The Labute approximate surface area is 234 Å². The molecular formula is C35H31NO4. The van der Waals surface area contributed by atoms with Crippen LogP contribution in [0.1, 0.15) is 28.2 Å². The summed E-state index contributed by atoms with van der Waals surface area (Å²) in [4.78, 5) is 26.6. The van der Waals surface area contributed by atoms with Crippen molar-refractivity contribution in [1.29, 1.82) is 0 Å². The average molecular weight is 530 g/mol. The van der Waals surface area contributed by atoms with E-state index in [4.69, 9.17) is 9.47 Å². The molecule has 0 aliphatic carbocycles. The third kappa shape index (κ3) is 5.32. The van der Waals surface area contributed by atoms with Gasteiger partial charge in [0.2, 0.25) is 0 Å². The molecule has 5 heteroatoms. The largest absolute Gasteiger partial charge is 0.468 e. The number of carbonyl (C=O) groups excluding carboxylic acids is 2. The van der Waals surface area contributed by atoms with E-state index in [1.165, 1.54) is 14.2 Å². The maximum absolute atomic E-state index is 13.3. The number of fused-ring (bicyclic) bond motifs is 1. The molecule has 0 spiro atoms. The molecule has 0 amide bonds. The molecule has 0 aliphatic heterocycles. The van der Waals surface area contributed by atoms with Gasteiger partial charge < -0.3 is 13.9 Å². The van der Waals surface area contributed by atoms with Gasteiger partial charge in [0, 0.05) is 17.6 Å². The van der Waals surface area contributed by atoms with E-state index in [2.05, 4.69) is 40.8 Å². The van der Waals surface area contributed by atoms with E-state index in [0.29, 0.717) is 6.42 Å². The van der Waals surface area contributed by atoms with Gasteiger partial charge in [-0.15, -0.1) is 0 Å². The van der Waals surface area contributed by atoms with Crippen molar-refractivity contribution in [3.8, 4) is 11.3 Å². The summed E-state index contributed by atoms with van der Waals surface area (Å²) in [6, 6.07) is 36.0. The maximum Gasteiger partial charge on any atom is 0.321 e. The first-order chi connectivity index (χ1) is 19.6. The number of nitrogens with zero attached hydrogens (tertiary/aromatic N) is 1. The molecule has 0 bridgehead atoms. The minimum Gasteiger partial charge on any atom is -0.468 e. The standard InChI is InChI=1S/C35H31NO4/c1-39-34(37)32(35(38)40-2)30(26-18-8-4-9-19-26)31-28(22-14-17-25-15-6-3-7-16-25)33(27-20-10-5-11-21-27)36-24-13-12-23-29(31)36/h3-21,23-24,30,32H,22H2,1-2H3/b17-14-. The summed E-state index contributed by atoms with van der Waals surface area (Å²) in [5, 5.41) is 0. The normalized spacial score (nSPS) is 12.1. The Kier molecular flexibility index (Phi) is 8.21. The lowest BCUT2D eigenvalue weighted by Crippen LogP contribution is -2.33. The van der Waals surface area contributed by atoms with Crippen molar-refractivity contribution >= 4 is 23.5 Å². The summed E-state index contributed by atoms with van der Waals surface area (Å²) in [5.41, 5.74) is 6.80. The summed E-state index contributed by atoms with van der Waals surface area (Å²) in [7, 11) is 2.61. The summed E-state index contributed by atoms with van der Waals surface area (Å²) in [6.07, 6.45) is 6.83. The summed E-state index contributed by atoms with van der Waals surface area (Å²) in [5.74, 6) is -3.11. The number of hydrogen-bond donors (Lipinski definition) is 0. The zero-order valence-electron chi connectivity index (χ0n) is 22.6. The van der Waals surface area contributed by atoms with Crippen LogP contribution in [0.3, 0.4) is 0 Å². The molecule has 5 rings (SSSR count). The van der Waals surface area contributed by atoms with Gasteiger partial charge in [0.25, 0.3) is 0 Å². The highest BCUT2D eigenvalue weighted by Crippen LogP contribution is 2.43. The van der Waals surface area contributed by atoms with Crippen molar-refractivity contribution in [2.24, 2.45) is 5.92 Å². The molecule has 3 aromatic carbocycles. The topological polar surface area (TPSA) is 57.0 Å². The van der Waals surface area contributed by atoms with E-state index >= 15 is 0 Å². The van der Waals surface area contributed by atoms with Gasteiger partial charge in [-0.05, 0) is 46.4 Å². The second kappa shape index (κ2) is 12.3. The number of benzene rings is 3. The van der Waals surface area contributed by atoms with Gasteiger partial charge in [-0.3, -0.25) is 9.59 Å². The number of aromatic nitrogens is 1. The summed E-state index contributed by atoms with van der Waals surface area (Å²) in [6.45, 7) is 0. The van der Waals surface area contributed by atoms with Crippen LogP contribution in [0.5, 0.6) is 0 Å². The van der Waals surface area contributed by atoms with E-state index < -0.39 is 23.8 Å². The molecule has 2 aromatic heterocycles. The zero-order chi connectivity index (χ0) is 27.9. The minimum atomic E-state index is -1.19. The van der Waals surface area contributed by atoms with Gasteiger partial charge in [-0.25, -0.2) is 0 Å². The van der Waals surface area contributed by atoms with Crippen molar-refractivity contribution in [3.63, 3.8) is 0 Å². The van der Waals surface area contributed by atoms with Gasteiger partial charge in [-0.2, -0.15) is 0 Å². The first kappa shape index (κ1) is 26.7. The fourth-order valence-electron chi connectivity index (χ4n) is 5.43. The summed E-state index contributed by atoms with van der Waals surface area (Å²) < 4.78 is 12.5. The Bertz CT molecular complexity index is 1610. The fourth-order valence-corrected chi connectivity index (χ4v) is 5.43. The molecule has 0 saturated carbocycles. The monoisotopic (exact) mass is 529 g/mol. The SMILES string of the molecule is COC(=O)C(C(=O)OC)C(c1ccccc1)c1c(C/C=C\c2ccccc2)c(-c2ccccc2)n2ccccc12. The van der Waals surface area contributed by atoms with Crippen LogP contribution in [0.25, 0.3) is 22.9 Å². The first-order valence-corrected chi connectivity index (χ1v) is 13.2. The molecule has 2 heterocycles. The molecule has 5 nitrogen and oxygen atoms in total. The number of esters is 2. The van der Waals surface area contributed by atoms with Crippen LogP contribution >= 0.6 is 0 Å². The first-order valence-electron chi connectivity index (χ1n) is 13.2. The molecule has 1 atom stereocenters. The van der Waals surface area contributed by atoms with Gasteiger partial charge in [-0.1, -0.05) is 109 Å². The van der Waals surface area contributed by atoms with E-state index in [1.54, 1.807) is 0 Å². The van der Waals surface area contributed by atoms with Crippen LogP contribution in [-0.2, 0) is 25.5 Å². The van der Waals surface area contributed by atoms with E-state index in [-0.39, 0.29) is 0 Å². The van der Waals surface area contributed by atoms with Crippen LogP contribution in [0.4, 0.5) is 0 Å². The number of ether oxygens (including phenoxy) is 2. The predicted molar refractivity (Wildman–Crippen MR) is 158 cm³/mol. The number of carbonyl (C=O) groups is 2. The van der Waals surface area contributed by atoms with E-state index in [9.17, 15) is 9.59 Å². The van der Waals surface area contributed by atoms with Gasteiger partial charge in [0.05, 0.1) is 19.9 Å². The van der Waals surface area contributed by atoms with Crippen LogP contribution in [0.2, 0.25) is 0 Å². The molecule has 0 fully saturated rings. The molecule has 0 aliphatic rings. The quantitative estimate of drug-likeness (QED) is 0.153. The Morgan fingerprint density at radius 2 is 1.32 bits per heavy atom. The van der Waals surface area contributed by atoms with Crippen molar-refractivity contribution in [2.75, 3.05) is 14.2 Å². The highest BCUT2D eigenvalue weighted by molar-refractivity contribution is 5.97. The van der Waals surface area contributed by atoms with Crippen LogP contribution in [0, 0.1) is 5.92 Å². The smallest absolute Gasteiger partial charge is 0.321 e. The molecule has 200 valence electrons. The Balaban J connectivity index is 1.82. The second-order valence-corrected chi connectivity index (χ2v) is 9.49. The molecule has 0 N–H and O–H groups in total. The molecule has 40 heavy (non-hydrogen) atoms. The van der Waals surface area contributed by atoms with Crippen molar-refractivity contribution < 1.29 is 19.1 Å². The van der Waals surface area contributed by atoms with Crippen LogP contribution in [0.15, 0.2) is 121 Å². The summed E-state index contributed by atoms with van der Waals surface area (Å²) >= 11 is 0. The zero-order valence-corrected chi connectivity index (χ0v) is 22.6.